The maximum Gasteiger partial charge on any atom is 0.224 e. The first kappa shape index (κ1) is 12.2. The lowest BCUT2D eigenvalue weighted by molar-refractivity contribution is 0.205. The molecule has 0 aliphatic rings. The zero-order chi connectivity index (χ0) is 11.3. The van der Waals surface area contributed by atoms with Crippen molar-refractivity contribution in [2.75, 3.05) is 31.7 Å². The molecule has 0 aliphatic carbocycles. The SMILES string of the molecule is CCN(CCOC)c1cc(C)nc(Cl)n1. The van der Waals surface area contributed by atoms with Crippen LogP contribution in [-0.4, -0.2) is 36.8 Å². The van der Waals surface area contributed by atoms with Crippen LogP contribution in [0.15, 0.2) is 6.07 Å². The van der Waals surface area contributed by atoms with E-state index in [0.29, 0.717) is 11.9 Å². The van der Waals surface area contributed by atoms with E-state index in [-0.39, 0.29) is 0 Å². The van der Waals surface area contributed by atoms with Crippen molar-refractivity contribution in [2.45, 2.75) is 13.8 Å². The summed E-state index contributed by atoms with van der Waals surface area (Å²) in [6, 6.07) is 1.92. The molecule has 15 heavy (non-hydrogen) atoms. The predicted octanol–water partition coefficient (Wildman–Crippen LogP) is 1.91. The van der Waals surface area contributed by atoms with Gasteiger partial charge in [-0.3, -0.25) is 0 Å². The normalized spacial score (nSPS) is 10.4. The molecular weight excluding hydrogens is 214 g/mol. The van der Waals surface area contributed by atoms with Gasteiger partial charge in [-0.2, -0.15) is 0 Å². The fourth-order valence-electron chi connectivity index (χ4n) is 1.31. The number of anilines is 1. The van der Waals surface area contributed by atoms with Gasteiger partial charge in [0.25, 0.3) is 0 Å². The molecular formula is C10H16ClN3O. The van der Waals surface area contributed by atoms with Gasteiger partial charge in [0.15, 0.2) is 0 Å². The van der Waals surface area contributed by atoms with Gasteiger partial charge in [-0.05, 0) is 25.4 Å². The Morgan fingerprint density at radius 2 is 2.20 bits per heavy atom. The molecule has 1 rings (SSSR count). The molecule has 0 radical (unpaired) electrons. The third-order valence-electron chi connectivity index (χ3n) is 2.08. The standard InChI is InChI=1S/C10H16ClN3O/c1-4-14(5-6-15-3)9-7-8(2)12-10(11)13-9/h7H,4-6H2,1-3H3. The summed E-state index contributed by atoms with van der Waals surface area (Å²) in [5, 5.41) is 0.292. The second-order valence-corrected chi connectivity index (χ2v) is 3.55. The molecule has 0 N–H and O–H groups in total. The van der Waals surface area contributed by atoms with E-state index in [1.807, 2.05) is 13.0 Å². The topological polar surface area (TPSA) is 38.2 Å². The summed E-state index contributed by atoms with van der Waals surface area (Å²) >= 11 is 5.81. The molecule has 0 amide bonds. The van der Waals surface area contributed by atoms with Gasteiger partial charge in [0.05, 0.1) is 6.61 Å². The van der Waals surface area contributed by atoms with Crippen LogP contribution in [0.5, 0.6) is 0 Å². The van der Waals surface area contributed by atoms with Crippen molar-refractivity contribution in [1.29, 1.82) is 0 Å². The average Bonchev–Trinajstić information content (AvgIpc) is 2.17. The highest BCUT2D eigenvalue weighted by Crippen LogP contribution is 2.14. The van der Waals surface area contributed by atoms with Gasteiger partial charge in [-0.1, -0.05) is 0 Å². The Balaban J connectivity index is 2.81. The number of aryl methyl sites for hydroxylation is 1. The highest BCUT2D eigenvalue weighted by Gasteiger charge is 2.07. The fraction of sp³-hybridized carbons (Fsp3) is 0.600. The summed E-state index contributed by atoms with van der Waals surface area (Å²) in [4.78, 5) is 10.3. The molecule has 4 nitrogen and oxygen atoms in total. The van der Waals surface area contributed by atoms with Crippen LogP contribution in [0.4, 0.5) is 5.82 Å². The molecule has 1 heterocycles. The number of nitrogens with zero attached hydrogens (tertiary/aromatic N) is 3. The molecule has 5 heteroatoms. The van der Waals surface area contributed by atoms with Crippen LogP contribution in [-0.2, 0) is 4.74 Å². The minimum Gasteiger partial charge on any atom is -0.383 e. The largest absolute Gasteiger partial charge is 0.383 e. The second-order valence-electron chi connectivity index (χ2n) is 3.21. The van der Waals surface area contributed by atoms with E-state index in [9.17, 15) is 0 Å². The summed E-state index contributed by atoms with van der Waals surface area (Å²) in [7, 11) is 1.69. The third kappa shape index (κ3) is 3.64. The monoisotopic (exact) mass is 229 g/mol. The highest BCUT2D eigenvalue weighted by molar-refractivity contribution is 6.28. The van der Waals surface area contributed by atoms with E-state index in [4.69, 9.17) is 16.3 Å². The zero-order valence-electron chi connectivity index (χ0n) is 9.33. The molecule has 0 saturated carbocycles. The number of methoxy groups -OCH3 is 1. The van der Waals surface area contributed by atoms with Gasteiger partial charge in [0.2, 0.25) is 5.28 Å². The van der Waals surface area contributed by atoms with Crippen LogP contribution < -0.4 is 4.90 Å². The minimum atomic E-state index is 0.292. The van der Waals surface area contributed by atoms with Crippen LogP contribution >= 0.6 is 11.6 Å². The van der Waals surface area contributed by atoms with E-state index in [0.717, 1.165) is 24.6 Å². The Morgan fingerprint density at radius 1 is 1.47 bits per heavy atom. The Hall–Kier alpha value is -0.870. The fourth-order valence-corrected chi connectivity index (χ4v) is 1.53. The first-order valence-corrected chi connectivity index (χ1v) is 5.30. The summed E-state index contributed by atoms with van der Waals surface area (Å²) in [6.07, 6.45) is 0. The van der Waals surface area contributed by atoms with Gasteiger partial charge >= 0.3 is 0 Å². The number of hydrogen-bond donors (Lipinski definition) is 0. The molecule has 0 saturated heterocycles. The maximum absolute atomic E-state index is 5.81. The summed E-state index contributed by atoms with van der Waals surface area (Å²) in [5.41, 5.74) is 0.876. The predicted molar refractivity (Wildman–Crippen MR) is 61.5 cm³/mol. The zero-order valence-corrected chi connectivity index (χ0v) is 10.1. The summed E-state index contributed by atoms with van der Waals surface area (Å²) < 4.78 is 5.04. The van der Waals surface area contributed by atoms with Crippen molar-refractivity contribution < 1.29 is 4.74 Å². The van der Waals surface area contributed by atoms with Crippen molar-refractivity contribution in [1.82, 2.24) is 9.97 Å². The van der Waals surface area contributed by atoms with Gasteiger partial charge in [-0.15, -0.1) is 0 Å². The summed E-state index contributed by atoms with van der Waals surface area (Å²) in [5.74, 6) is 0.854. The van der Waals surface area contributed by atoms with Crippen LogP contribution in [0.1, 0.15) is 12.6 Å². The number of halogens is 1. The number of ether oxygens (including phenoxy) is 1. The van der Waals surface area contributed by atoms with Crippen LogP contribution in [0, 0.1) is 6.92 Å². The Kier molecular flexibility index (Phi) is 4.78. The van der Waals surface area contributed by atoms with Crippen molar-refractivity contribution in [3.8, 4) is 0 Å². The van der Waals surface area contributed by atoms with E-state index < -0.39 is 0 Å². The first-order chi connectivity index (χ1) is 7.17. The molecule has 1 aromatic heterocycles. The third-order valence-corrected chi connectivity index (χ3v) is 2.25. The molecule has 0 bridgehead atoms. The molecule has 0 aromatic carbocycles. The molecule has 0 aliphatic heterocycles. The van der Waals surface area contributed by atoms with E-state index >= 15 is 0 Å². The lowest BCUT2D eigenvalue weighted by Crippen LogP contribution is -2.27. The molecule has 84 valence electrons. The van der Waals surface area contributed by atoms with Gasteiger partial charge in [-0.25, -0.2) is 9.97 Å². The lowest BCUT2D eigenvalue weighted by atomic mass is 10.4. The molecule has 0 fully saturated rings. The van der Waals surface area contributed by atoms with E-state index in [1.165, 1.54) is 0 Å². The Bertz CT molecular complexity index is 299. The minimum absolute atomic E-state index is 0.292. The molecule has 0 spiro atoms. The smallest absolute Gasteiger partial charge is 0.224 e. The molecule has 0 unspecified atom stereocenters. The van der Waals surface area contributed by atoms with E-state index in [1.54, 1.807) is 7.11 Å². The lowest BCUT2D eigenvalue weighted by Gasteiger charge is -2.21. The molecule has 1 aromatic rings. The number of aromatic nitrogens is 2. The van der Waals surface area contributed by atoms with Gasteiger partial charge in [0, 0.05) is 32.0 Å². The molecule has 0 atom stereocenters. The van der Waals surface area contributed by atoms with Crippen molar-refractivity contribution in [2.24, 2.45) is 0 Å². The summed E-state index contributed by atoms with van der Waals surface area (Å²) in [6.45, 7) is 6.33. The van der Waals surface area contributed by atoms with Gasteiger partial charge in [0.1, 0.15) is 5.82 Å². The Morgan fingerprint density at radius 3 is 2.73 bits per heavy atom. The number of likely N-dealkylation sites (N-methyl/N-ethyl adjacent to an activating group) is 1. The van der Waals surface area contributed by atoms with Crippen molar-refractivity contribution >= 4 is 17.4 Å². The quantitative estimate of drug-likeness (QED) is 0.723. The second kappa shape index (κ2) is 5.88. The average molecular weight is 230 g/mol. The van der Waals surface area contributed by atoms with Crippen LogP contribution in [0.25, 0.3) is 0 Å². The number of hydrogen-bond acceptors (Lipinski definition) is 4. The number of rotatable bonds is 5. The van der Waals surface area contributed by atoms with Crippen molar-refractivity contribution in [3.05, 3.63) is 17.0 Å². The Labute approximate surface area is 95.2 Å². The maximum atomic E-state index is 5.81. The van der Waals surface area contributed by atoms with Crippen LogP contribution in [0.3, 0.4) is 0 Å². The van der Waals surface area contributed by atoms with Gasteiger partial charge < -0.3 is 9.64 Å². The van der Waals surface area contributed by atoms with E-state index in [2.05, 4.69) is 21.8 Å². The first-order valence-electron chi connectivity index (χ1n) is 4.92. The van der Waals surface area contributed by atoms with Crippen LogP contribution in [0.2, 0.25) is 5.28 Å². The highest BCUT2D eigenvalue weighted by atomic mass is 35.5. The van der Waals surface area contributed by atoms with Crippen molar-refractivity contribution in [3.63, 3.8) is 0 Å².